The van der Waals surface area contributed by atoms with Crippen molar-refractivity contribution >= 4 is 24.0 Å². The van der Waals surface area contributed by atoms with Crippen LogP contribution in [0, 0.1) is 22.7 Å². The number of hydrogen-bond acceptors (Lipinski definition) is 8. The highest BCUT2D eigenvalue weighted by Gasteiger charge is 2.72. The van der Waals surface area contributed by atoms with E-state index in [-0.39, 0.29) is 11.8 Å². The Morgan fingerprint density at radius 1 is 1.07 bits per heavy atom. The number of allylic oxidation sites excluding steroid dienone is 3. The first-order valence-corrected chi connectivity index (χ1v) is 14.0. The van der Waals surface area contributed by atoms with Gasteiger partial charge in [-0.25, -0.2) is 4.79 Å². The second kappa shape index (κ2) is 12.2. The maximum Gasteiger partial charge on any atom is 0.331 e. The number of aliphatic hydroxyl groups excluding tert-OH is 1. The summed E-state index contributed by atoms with van der Waals surface area (Å²) in [5, 5.41) is 11.1. The van der Waals surface area contributed by atoms with Crippen LogP contribution in [-0.2, 0) is 33.3 Å². The molecule has 0 bridgehead atoms. The van der Waals surface area contributed by atoms with Gasteiger partial charge in [-0.2, -0.15) is 0 Å². The van der Waals surface area contributed by atoms with Crippen LogP contribution < -0.4 is 0 Å². The van der Waals surface area contributed by atoms with Gasteiger partial charge in [-0.3, -0.25) is 14.3 Å². The Balaban J connectivity index is 1.85. The molecule has 220 valence electrons. The average molecular weight is 565 g/mol. The van der Waals surface area contributed by atoms with Crippen molar-refractivity contribution in [2.24, 2.45) is 22.7 Å². The minimum Gasteiger partial charge on any atom is -0.458 e. The third kappa shape index (κ3) is 5.95. The lowest BCUT2D eigenvalue weighted by molar-refractivity contribution is -0.256. The highest BCUT2D eigenvalue weighted by molar-refractivity contribution is 5.87. The van der Waals surface area contributed by atoms with Crippen molar-refractivity contribution in [2.45, 2.75) is 78.7 Å². The van der Waals surface area contributed by atoms with E-state index in [1.54, 1.807) is 18.2 Å². The zero-order valence-corrected chi connectivity index (χ0v) is 24.4. The number of carbonyl (C=O) groups excluding carboxylic acids is 3. The van der Waals surface area contributed by atoms with E-state index in [9.17, 15) is 19.5 Å². The molecule has 3 aliphatic rings. The molecule has 1 aromatic rings. The lowest BCUT2D eigenvalue weighted by Gasteiger charge is -2.60. The lowest BCUT2D eigenvalue weighted by Crippen LogP contribution is -2.63. The molecule has 2 fully saturated rings. The molecule has 2 aliphatic carbocycles. The number of rotatable bonds is 8. The molecule has 0 unspecified atom stereocenters. The maximum atomic E-state index is 13.3. The van der Waals surface area contributed by atoms with Gasteiger partial charge in [0.25, 0.3) is 0 Å². The van der Waals surface area contributed by atoms with Gasteiger partial charge in [0.15, 0.2) is 0 Å². The zero-order chi connectivity index (χ0) is 29.9. The molecular formula is C33H40O8. The molecule has 1 N–H and O–H groups in total. The molecule has 1 aromatic carbocycles. The summed E-state index contributed by atoms with van der Waals surface area (Å²) >= 11 is 0. The molecule has 8 heteroatoms. The number of hydrogen-bond donors (Lipinski definition) is 1. The van der Waals surface area contributed by atoms with Crippen molar-refractivity contribution in [1.29, 1.82) is 0 Å². The highest BCUT2D eigenvalue weighted by Crippen LogP contribution is 2.67. The first kappa shape index (κ1) is 30.5. The Bertz CT molecular complexity index is 1260. The average Bonchev–Trinajstić information content (AvgIpc) is 3.20. The SMILES string of the molecule is C=C/C(C)=C/C[C@]1(C)[C@H]2C[C@@H](O)C=C3[C@H](OC(C)=O)O[C@@H](OC(C)=O)[C@@]32[C@H](OC(=O)/C=C/c2ccccc2)C[C@@H]1C. The fourth-order valence-corrected chi connectivity index (χ4v) is 6.82. The molecule has 8 nitrogen and oxygen atoms in total. The first-order valence-electron chi connectivity index (χ1n) is 14.0. The highest BCUT2D eigenvalue weighted by atomic mass is 16.8. The summed E-state index contributed by atoms with van der Waals surface area (Å²) in [5.74, 6) is -2.09. The van der Waals surface area contributed by atoms with Crippen LogP contribution in [0.25, 0.3) is 6.08 Å². The maximum absolute atomic E-state index is 13.3. The number of benzene rings is 1. The van der Waals surface area contributed by atoms with Crippen LogP contribution >= 0.6 is 0 Å². The molecule has 1 spiro atoms. The van der Waals surface area contributed by atoms with Gasteiger partial charge in [0.1, 0.15) is 11.5 Å². The van der Waals surface area contributed by atoms with Crippen LogP contribution in [0.4, 0.5) is 0 Å². The van der Waals surface area contributed by atoms with Crippen LogP contribution in [0.3, 0.4) is 0 Å². The van der Waals surface area contributed by atoms with E-state index in [1.165, 1.54) is 19.9 Å². The van der Waals surface area contributed by atoms with Gasteiger partial charge in [-0.05, 0) is 61.2 Å². The first-order chi connectivity index (χ1) is 19.4. The zero-order valence-electron chi connectivity index (χ0n) is 24.4. The number of aliphatic hydroxyl groups is 1. The predicted molar refractivity (Wildman–Crippen MR) is 153 cm³/mol. The Hall–Kier alpha value is -3.49. The summed E-state index contributed by atoms with van der Waals surface area (Å²) in [5.41, 5.74) is 0.665. The second-order valence-electron chi connectivity index (χ2n) is 11.6. The number of carbonyl (C=O) groups is 3. The van der Waals surface area contributed by atoms with Crippen molar-refractivity contribution < 1.29 is 38.4 Å². The van der Waals surface area contributed by atoms with E-state index in [0.29, 0.717) is 24.8 Å². The fraction of sp³-hybridized carbons (Fsp3) is 0.485. The van der Waals surface area contributed by atoms with Gasteiger partial charge >= 0.3 is 17.9 Å². The van der Waals surface area contributed by atoms with Crippen molar-refractivity contribution in [3.63, 3.8) is 0 Å². The summed E-state index contributed by atoms with van der Waals surface area (Å²) in [4.78, 5) is 37.8. The molecule has 41 heavy (non-hydrogen) atoms. The van der Waals surface area contributed by atoms with Crippen LogP contribution in [0.2, 0.25) is 0 Å². The third-order valence-electron chi connectivity index (χ3n) is 9.04. The van der Waals surface area contributed by atoms with Crippen molar-refractivity contribution in [2.75, 3.05) is 0 Å². The molecule has 1 heterocycles. The van der Waals surface area contributed by atoms with Crippen LogP contribution in [-0.4, -0.2) is 47.8 Å². The molecule has 0 aromatic heterocycles. The summed E-state index contributed by atoms with van der Waals surface area (Å²) in [6.07, 6.45) is 5.84. The van der Waals surface area contributed by atoms with Gasteiger partial charge in [0.2, 0.25) is 12.6 Å². The fourth-order valence-electron chi connectivity index (χ4n) is 6.82. The molecule has 1 saturated heterocycles. The lowest BCUT2D eigenvalue weighted by atomic mass is 9.45. The minimum absolute atomic E-state index is 0.0280. The normalized spacial score (nSPS) is 34.7. The topological polar surface area (TPSA) is 108 Å². The molecule has 4 rings (SSSR count). The van der Waals surface area contributed by atoms with E-state index < -0.39 is 53.5 Å². The number of ether oxygens (including phenoxy) is 4. The minimum atomic E-state index is -1.21. The Morgan fingerprint density at radius 3 is 2.39 bits per heavy atom. The molecule has 0 amide bonds. The third-order valence-corrected chi connectivity index (χ3v) is 9.04. The van der Waals surface area contributed by atoms with Gasteiger partial charge in [0, 0.05) is 25.5 Å². The van der Waals surface area contributed by atoms with Crippen molar-refractivity contribution in [3.8, 4) is 0 Å². The second-order valence-corrected chi connectivity index (χ2v) is 11.6. The van der Waals surface area contributed by atoms with Crippen molar-refractivity contribution in [1.82, 2.24) is 0 Å². The molecular weight excluding hydrogens is 524 g/mol. The van der Waals surface area contributed by atoms with Crippen LogP contribution in [0.15, 0.2) is 72.4 Å². The summed E-state index contributed by atoms with van der Waals surface area (Å²) in [6, 6.07) is 9.39. The monoisotopic (exact) mass is 564 g/mol. The van der Waals surface area contributed by atoms with Crippen LogP contribution in [0.5, 0.6) is 0 Å². The van der Waals surface area contributed by atoms with Crippen LogP contribution in [0.1, 0.15) is 59.4 Å². The standard InChI is InChI=1S/C33H40O8/c1-7-20(2)15-16-32(6)21(3)17-28(40-29(37)14-13-24-11-9-8-10-12-24)33-26(18-25(36)19-27(32)33)30(38-22(4)34)41-31(33)39-23(5)35/h7-15,18,21,25,27-28,30-31,36H,1,16-17,19H2,2-6H3/b14-13+,20-15+/t21-,25-,27+,28+,30+,31+,32-,33-/m0/s1. The van der Waals surface area contributed by atoms with E-state index in [4.69, 9.17) is 18.9 Å². The smallest absolute Gasteiger partial charge is 0.331 e. The Labute approximate surface area is 241 Å². The molecule has 0 radical (unpaired) electrons. The van der Waals surface area contributed by atoms with E-state index in [0.717, 1.165) is 11.1 Å². The van der Waals surface area contributed by atoms with Gasteiger partial charge < -0.3 is 19.3 Å². The van der Waals surface area contributed by atoms with Gasteiger partial charge in [-0.1, -0.05) is 68.5 Å². The predicted octanol–water partition coefficient (Wildman–Crippen LogP) is 5.28. The van der Waals surface area contributed by atoms with Crippen molar-refractivity contribution in [3.05, 3.63) is 77.9 Å². The summed E-state index contributed by atoms with van der Waals surface area (Å²) in [7, 11) is 0. The van der Waals surface area contributed by atoms with E-state index >= 15 is 0 Å². The number of esters is 3. The summed E-state index contributed by atoms with van der Waals surface area (Å²) < 4.78 is 23.7. The molecule has 1 saturated carbocycles. The molecule has 1 aliphatic heterocycles. The quantitative estimate of drug-likeness (QED) is 0.149. The molecule has 8 atom stereocenters. The Morgan fingerprint density at radius 2 is 1.76 bits per heavy atom. The van der Waals surface area contributed by atoms with Gasteiger partial charge in [0.05, 0.1) is 6.10 Å². The Kier molecular flexibility index (Phi) is 9.04. The summed E-state index contributed by atoms with van der Waals surface area (Å²) in [6.45, 7) is 12.6. The van der Waals surface area contributed by atoms with Gasteiger partial charge in [-0.15, -0.1) is 0 Å². The largest absolute Gasteiger partial charge is 0.458 e. The van der Waals surface area contributed by atoms with E-state index in [2.05, 4.69) is 26.5 Å². The van der Waals surface area contributed by atoms with E-state index in [1.807, 2.05) is 37.3 Å².